The first-order valence-corrected chi connectivity index (χ1v) is 5.84. The summed E-state index contributed by atoms with van der Waals surface area (Å²) in [6.45, 7) is 2.43. The fourth-order valence-corrected chi connectivity index (χ4v) is 1.71. The molecule has 1 aromatic carbocycles. The lowest BCUT2D eigenvalue weighted by Crippen LogP contribution is -2.17. The van der Waals surface area contributed by atoms with Crippen LogP contribution in [0.15, 0.2) is 18.2 Å². The fraction of sp³-hybridized carbons (Fsp3) is 0.500. The Labute approximate surface area is 109 Å². The van der Waals surface area contributed by atoms with Gasteiger partial charge in [-0.2, -0.15) is 13.2 Å². The van der Waals surface area contributed by atoms with Crippen molar-refractivity contribution in [2.24, 2.45) is 0 Å². The summed E-state index contributed by atoms with van der Waals surface area (Å²) in [4.78, 5) is 0. The summed E-state index contributed by atoms with van der Waals surface area (Å²) in [6.07, 6.45) is -3.73. The van der Waals surface area contributed by atoms with E-state index in [1.165, 1.54) is 12.1 Å². The van der Waals surface area contributed by atoms with Crippen LogP contribution >= 0.6 is 11.6 Å². The average Bonchev–Trinajstić information content (AvgIpc) is 2.27. The van der Waals surface area contributed by atoms with E-state index in [0.717, 1.165) is 6.07 Å². The Morgan fingerprint density at radius 1 is 1.39 bits per heavy atom. The zero-order chi connectivity index (χ0) is 13.8. The SMILES string of the molecule is COCCC(C)Nc1ccc(Cl)c(C(F)(F)F)c1. The van der Waals surface area contributed by atoms with Crippen molar-refractivity contribution in [3.05, 3.63) is 28.8 Å². The predicted octanol–water partition coefficient (Wildman–Crippen LogP) is 4.20. The second kappa shape index (κ2) is 6.29. The molecule has 0 amide bonds. The van der Waals surface area contributed by atoms with Gasteiger partial charge in [-0.05, 0) is 31.5 Å². The Kier molecular flexibility index (Phi) is 5.28. The van der Waals surface area contributed by atoms with E-state index < -0.39 is 11.7 Å². The summed E-state index contributed by atoms with van der Waals surface area (Å²) in [5.41, 5.74) is -0.427. The number of hydrogen-bond acceptors (Lipinski definition) is 2. The molecule has 0 heterocycles. The zero-order valence-electron chi connectivity index (χ0n) is 10.1. The van der Waals surface area contributed by atoms with Gasteiger partial charge in [0.2, 0.25) is 0 Å². The monoisotopic (exact) mass is 281 g/mol. The Bertz CT molecular complexity index is 395. The normalized spacial score (nSPS) is 13.4. The molecule has 0 spiro atoms. The topological polar surface area (TPSA) is 21.3 Å². The number of halogens is 4. The molecule has 1 N–H and O–H groups in total. The second-order valence-electron chi connectivity index (χ2n) is 4.02. The lowest BCUT2D eigenvalue weighted by Gasteiger charge is -2.17. The van der Waals surface area contributed by atoms with Crippen molar-refractivity contribution in [3.63, 3.8) is 0 Å². The maximum atomic E-state index is 12.6. The van der Waals surface area contributed by atoms with Crippen LogP contribution in [0.2, 0.25) is 5.02 Å². The van der Waals surface area contributed by atoms with E-state index in [0.29, 0.717) is 18.7 Å². The Morgan fingerprint density at radius 2 is 2.06 bits per heavy atom. The smallest absolute Gasteiger partial charge is 0.385 e. The summed E-state index contributed by atoms with van der Waals surface area (Å²) in [5.74, 6) is 0. The lowest BCUT2D eigenvalue weighted by atomic mass is 10.1. The van der Waals surface area contributed by atoms with Crippen molar-refractivity contribution in [1.29, 1.82) is 0 Å². The van der Waals surface area contributed by atoms with Crippen LogP contribution in [0.5, 0.6) is 0 Å². The van der Waals surface area contributed by atoms with Crippen molar-refractivity contribution >= 4 is 17.3 Å². The Morgan fingerprint density at radius 3 is 2.61 bits per heavy atom. The largest absolute Gasteiger partial charge is 0.417 e. The van der Waals surface area contributed by atoms with Crippen LogP contribution in [-0.2, 0) is 10.9 Å². The van der Waals surface area contributed by atoms with Gasteiger partial charge in [0.1, 0.15) is 0 Å². The third kappa shape index (κ3) is 4.38. The van der Waals surface area contributed by atoms with Crippen molar-refractivity contribution in [2.75, 3.05) is 19.0 Å². The number of hydrogen-bond donors (Lipinski definition) is 1. The van der Waals surface area contributed by atoms with E-state index in [4.69, 9.17) is 16.3 Å². The van der Waals surface area contributed by atoms with Crippen molar-refractivity contribution in [3.8, 4) is 0 Å². The maximum absolute atomic E-state index is 12.6. The molecule has 0 saturated carbocycles. The molecule has 1 unspecified atom stereocenters. The molecular formula is C12H15ClF3NO. The van der Waals surface area contributed by atoms with Crippen LogP contribution in [0, 0.1) is 0 Å². The predicted molar refractivity (Wildman–Crippen MR) is 66.0 cm³/mol. The van der Waals surface area contributed by atoms with Crippen molar-refractivity contribution in [1.82, 2.24) is 0 Å². The first kappa shape index (κ1) is 15.1. The number of anilines is 1. The highest BCUT2D eigenvalue weighted by Crippen LogP contribution is 2.36. The molecule has 0 fully saturated rings. The molecule has 0 bridgehead atoms. The molecule has 0 radical (unpaired) electrons. The van der Waals surface area contributed by atoms with E-state index >= 15 is 0 Å². The van der Waals surface area contributed by atoms with Gasteiger partial charge >= 0.3 is 6.18 Å². The number of alkyl halides is 3. The first-order chi connectivity index (χ1) is 8.34. The van der Waals surface area contributed by atoms with E-state index in [1.54, 1.807) is 7.11 Å². The number of methoxy groups -OCH3 is 1. The Hall–Kier alpha value is -0.940. The molecule has 0 saturated heterocycles. The number of benzene rings is 1. The van der Waals surface area contributed by atoms with E-state index in [-0.39, 0.29) is 11.1 Å². The van der Waals surface area contributed by atoms with E-state index in [1.807, 2.05) is 6.92 Å². The van der Waals surface area contributed by atoms with Gasteiger partial charge in [0, 0.05) is 25.4 Å². The molecule has 18 heavy (non-hydrogen) atoms. The number of ether oxygens (including phenoxy) is 1. The summed E-state index contributed by atoms with van der Waals surface area (Å²) >= 11 is 5.53. The third-order valence-corrected chi connectivity index (χ3v) is 2.77. The highest BCUT2D eigenvalue weighted by atomic mass is 35.5. The number of nitrogens with one attached hydrogen (secondary N) is 1. The van der Waals surface area contributed by atoms with Crippen LogP contribution < -0.4 is 5.32 Å². The highest BCUT2D eigenvalue weighted by molar-refractivity contribution is 6.31. The molecule has 1 atom stereocenters. The van der Waals surface area contributed by atoms with E-state index in [2.05, 4.69) is 5.32 Å². The number of rotatable bonds is 5. The molecule has 2 nitrogen and oxygen atoms in total. The second-order valence-corrected chi connectivity index (χ2v) is 4.43. The van der Waals surface area contributed by atoms with Gasteiger partial charge in [-0.3, -0.25) is 0 Å². The molecule has 1 rings (SSSR count). The minimum absolute atomic E-state index is 0.0206. The summed E-state index contributed by atoms with van der Waals surface area (Å²) in [5, 5.41) is 2.68. The van der Waals surface area contributed by atoms with Crippen molar-refractivity contribution in [2.45, 2.75) is 25.6 Å². The summed E-state index contributed by atoms with van der Waals surface area (Å²) < 4.78 is 42.8. The van der Waals surface area contributed by atoms with Gasteiger partial charge < -0.3 is 10.1 Å². The van der Waals surface area contributed by atoms with Crippen LogP contribution in [-0.4, -0.2) is 19.8 Å². The minimum atomic E-state index is -4.44. The zero-order valence-corrected chi connectivity index (χ0v) is 10.9. The standard InChI is InChI=1S/C12H15ClF3NO/c1-8(5-6-18-2)17-9-3-4-11(13)10(7-9)12(14,15)16/h3-4,7-8,17H,5-6H2,1-2H3. The lowest BCUT2D eigenvalue weighted by molar-refractivity contribution is -0.137. The molecule has 0 aliphatic rings. The van der Waals surface area contributed by atoms with Gasteiger partial charge in [0.25, 0.3) is 0 Å². The molecule has 1 aromatic rings. The quantitative estimate of drug-likeness (QED) is 0.873. The molecule has 0 aromatic heterocycles. The van der Waals surface area contributed by atoms with Crippen LogP contribution in [0.4, 0.5) is 18.9 Å². The molecule has 0 aliphatic heterocycles. The molecule has 6 heteroatoms. The van der Waals surface area contributed by atoms with Gasteiger partial charge in [0.05, 0.1) is 10.6 Å². The first-order valence-electron chi connectivity index (χ1n) is 5.47. The summed E-state index contributed by atoms with van der Waals surface area (Å²) in [6, 6.07) is 3.81. The van der Waals surface area contributed by atoms with Gasteiger partial charge in [-0.15, -0.1) is 0 Å². The van der Waals surface area contributed by atoms with Crippen LogP contribution in [0.25, 0.3) is 0 Å². The maximum Gasteiger partial charge on any atom is 0.417 e. The van der Waals surface area contributed by atoms with Gasteiger partial charge in [0.15, 0.2) is 0 Å². The summed E-state index contributed by atoms with van der Waals surface area (Å²) in [7, 11) is 1.58. The minimum Gasteiger partial charge on any atom is -0.385 e. The van der Waals surface area contributed by atoms with Crippen LogP contribution in [0.1, 0.15) is 18.9 Å². The fourth-order valence-electron chi connectivity index (χ4n) is 1.48. The Balaban J connectivity index is 2.79. The molecular weight excluding hydrogens is 267 g/mol. The van der Waals surface area contributed by atoms with E-state index in [9.17, 15) is 13.2 Å². The molecule has 102 valence electrons. The van der Waals surface area contributed by atoms with Crippen LogP contribution in [0.3, 0.4) is 0 Å². The average molecular weight is 282 g/mol. The molecule has 0 aliphatic carbocycles. The third-order valence-electron chi connectivity index (χ3n) is 2.44. The highest BCUT2D eigenvalue weighted by Gasteiger charge is 2.33. The van der Waals surface area contributed by atoms with Crippen molar-refractivity contribution < 1.29 is 17.9 Å². The van der Waals surface area contributed by atoms with Gasteiger partial charge in [-0.25, -0.2) is 0 Å². The van der Waals surface area contributed by atoms with Gasteiger partial charge in [-0.1, -0.05) is 11.6 Å².